The Morgan fingerprint density at radius 1 is 1.15 bits per heavy atom. The van der Waals surface area contributed by atoms with Crippen LogP contribution in [0.5, 0.6) is 5.75 Å². The summed E-state index contributed by atoms with van der Waals surface area (Å²) in [7, 11) is 1.55. The second-order valence-electron chi connectivity index (χ2n) is 5.64. The molecule has 1 atom stereocenters. The Morgan fingerprint density at radius 2 is 1.96 bits per heavy atom. The monoisotopic (exact) mass is 370 g/mol. The van der Waals surface area contributed by atoms with Crippen molar-refractivity contribution in [3.05, 3.63) is 83.3 Å². The van der Waals surface area contributed by atoms with Crippen LogP contribution in [0.4, 0.5) is 5.69 Å². The number of methoxy groups -OCH3 is 1. The average Bonchev–Trinajstić information content (AvgIpc) is 3.16. The van der Waals surface area contributed by atoms with Crippen molar-refractivity contribution in [2.45, 2.75) is 12.6 Å². The molecule has 0 saturated heterocycles. The highest BCUT2D eigenvalue weighted by Gasteiger charge is 2.21. The van der Waals surface area contributed by atoms with Crippen molar-refractivity contribution < 1.29 is 13.9 Å². The molecule has 134 valence electrons. The minimum absolute atomic E-state index is 0.191. The predicted octanol–water partition coefficient (Wildman–Crippen LogP) is 4.41. The van der Waals surface area contributed by atoms with E-state index >= 15 is 0 Å². The van der Waals surface area contributed by atoms with Crippen molar-refractivity contribution in [3.8, 4) is 5.75 Å². The van der Waals surface area contributed by atoms with Crippen LogP contribution in [-0.2, 0) is 11.3 Å². The molecule has 26 heavy (non-hydrogen) atoms. The van der Waals surface area contributed by atoms with Crippen molar-refractivity contribution in [2.24, 2.45) is 0 Å². The van der Waals surface area contributed by atoms with Crippen LogP contribution in [-0.4, -0.2) is 13.0 Å². The van der Waals surface area contributed by atoms with Gasteiger partial charge in [0.25, 0.3) is 0 Å². The molecule has 2 N–H and O–H groups in total. The van der Waals surface area contributed by atoms with E-state index in [0.29, 0.717) is 23.0 Å². The number of hydrogen-bond donors (Lipinski definition) is 2. The molecule has 0 aliphatic carbocycles. The third-order valence-electron chi connectivity index (χ3n) is 3.87. The number of carbonyl (C=O) groups is 1. The number of rotatable bonds is 7. The first-order chi connectivity index (χ1) is 12.7. The van der Waals surface area contributed by atoms with Gasteiger partial charge in [0, 0.05) is 5.69 Å². The lowest BCUT2D eigenvalue weighted by Gasteiger charge is -2.19. The van der Waals surface area contributed by atoms with Crippen LogP contribution >= 0.6 is 11.6 Å². The molecule has 3 aromatic rings. The van der Waals surface area contributed by atoms with Gasteiger partial charge in [-0.15, -0.1) is 0 Å². The van der Waals surface area contributed by atoms with Gasteiger partial charge in [-0.1, -0.05) is 41.9 Å². The van der Waals surface area contributed by atoms with Crippen molar-refractivity contribution in [1.29, 1.82) is 0 Å². The largest absolute Gasteiger partial charge is 0.495 e. The molecule has 1 aromatic heterocycles. The molecule has 1 heterocycles. The van der Waals surface area contributed by atoms with E-state index in [-0.39, 0.29) is 5.91 Å². The lowest BCUT2D eigenvalue weighted by molar-refractivity contribution is -0.118. The van der Waals surface area contributed by atoms with Crippen LogP contribution in [0.1, 0.15) is 17.4 Å². The van der Waals surface area contributed by atoms with E-state index in [1.165, 1.54) is 0 Å². The first kappa shape index (κ1) is 18.0. The fraction of sp³-hybridized carbons (Fsp3) is 0.150. The Morgan fingerprint density at radius 3 is 2.62 bits per heavy atom. The van der Waals surface area contributed by atoms with E-state index in [9.17, 15) is 4.79 Å². The maximum Gasteiger partial charge on any atom is 0.246 e. The van der Waals surface area contributed by atoms with Gasteiger partial charge in [0.2, 0.25) is 5.91 Å². The van der Waals surface area contributed by atoms with E-state index < -0.39 is 6.04 Å². The molecule has 1 amide bonds. The van der Waals surface area contributed by atoms with E-state index in [4.69, 9.17) is 20.8 Å². The molecule has 0 unspecified atom stereocenters. The number of halogens is 1. The van der Waals surface area contributed by atoms with Crippen molar-refractivity contribution >= 4 is 23.2 Å². The van der Waals surface area contributed by atoms with Crippen LogP contribution in [0.3, 0.4) is 0 Å². The van der Waals surface area contributed by atoms with Gasteiger partial charge in [-0.3, -0.25) is 10.1 Å². The summed E-state index contributed by atoms with van der Waals surface area (Å²) < 4.78 is 10.5. The highest BCUT2D eigenvalue weighted by molar-refractivity contribution is 6.32. The van der Waals surface area contributed by atoms with Gasteiger partial charge < -0.3 is 14.5 Å². The van der Waals surface area contributed by atoms with Gasteiger partial charge >= 0.3 is 0 Å². The second kappa shape index (κ2) is 8.56. The zero-order valence-corrected chi connectivity index (χ0v) is 15.0. The summed E-state index contributed by atoms with van der Waals surface area (Å²) >= 11 is 6.13. The van der Waals surface area contributed by atoms with Gasteiger partial charge in [0.1, 0.15) is 17.6 Å². The highest BCUT2D eigenvalue weighted by atomic mass is 35.5. The van der Waals surface area contributed by atoms with E-state index in [1.54, 1.807) is 31.6 Å². The Kier molecular flexibility index (Phi) is 5.94. The molecule has 3 rings (SSSR count). The number of benzene rings is 2. The molecule has 0 bridgehead atoms. The molecular formula is C20H19ClN2O3. The molecule has 2 aromatic carbocycles. The molecule has 0 aliphatic rings. The number of amides is 1. The minimum atomic E-state index is -0.540. The Bertz CT molecular complexity index is 851. The molecule has 5 nitrogen and oxygen atoms in total. The number of hydrogen-bond acceptors (Lipinski definition) is 4. The molecule has 0 saturated carbocycles. The molecular weight excluding hydrogens is 352 g/mol. The van der Waals surface area contributed by atoms with Crippen molar-refractivity contribution in [2.75, 3.05) is 12.4 Å². The summed E-state index contributed by atoms with van der Waals surface area (Å²) in [4.78, 5) is 12.9. The normalized spacial score (nSPS) is 11.8. The maximum absolute atomic E-state index is 12.9. The fourth-order valence-corrected chi connectivity index (χ4v) is 2.84. The number of nitrogens with one attached hydrogen (secondary N) is 2. The lowest BCUT2D eigenvalue weighted by Crippen LogP contribution is -2.32. The summed E-state index contributed by atoms with van der Waals surface area (Å²) in [5.41, 5.74) is 1.46. The maximum atomic E-state index is 12.9. The van der Waals surface area contributed by atoms with Crippen molar-refractivity contribution in [3.63, 3.8) is 0 Å². The molecule has 6 heteroatoms. The molecule has 0 aliphatic heterocycles. The predicted molar refractivity (Wildman–Crippen MR) is 101 cm³/mol. The standard InChI is InChI=1S/C20H19ClN2O3/c1-25-18-10-9-15(12-17(18)21)23-20(24)19(14-6-3-2-4-7-14)22-13-16-8-5-11-26-16/h2-12,19,22H,13H2,1H3,(H,23,24)/t19-/m1/s1. The number of anilines is 1. The topological polar surface area (TPSA) is 63.5 Å². The Balaban J connectivity index is 1.76. The Labute approximate surface area is 156 Å². The third-order valence-corrected chi connectivity index (χ3v) is 4.17. The summed E-state index contributed by atoms with van der Waals surface area (Å²) in [6.45, 7) is 0.434. The molecule has 0 radical (unpaired) electrons. The number of furan rings is 1. The van der Waals surface area contributed by atoms with E-state index in [0.717, 1.165) is 11.3 Å². The van der Waals surface area contributed by atoms with E-state index in [2.05, 4.69) is 10.6 Å². The van der Waals surface area contributed by atoms with Crippen LogP contribution in [0, 0.1) is 0 Å². The minimum Gasteiger partial charge on any atom is -0.495 e. The quantitative estimate of drug-likeness (QED) is 0.646. The van der Waals surface area contributed by atoms with E-state index in [1.807, 2.05) is 42.5 Å². The van der Waals surface area contributed by atoms with Crippen LogP contribution in [0.15, 0.2) is 71.3 Å². The van der Waals surface area contributed by atoms with Crippen LogP contribution in [0.2, 0.25) is 5.02 Å². The third kappa shape index (κ3) is 4.45. The van der Waals surface area contributed by atoms with Gasteiger partial charge in [-0.25, -0.2) is 0 Å². The summed E-state index contributed by atoms with van der Waals surface area (Å²) in [6, 6.07) is 17.8. The summed E-state index contributed by atoms with van der Waals surface area (Å²) in [5.74, 6) is 1.12. The van der Waals surface area contributed by atoms with Gasteiger partial charge in [-0.2, -0.15) is 0 Å². The first-order valence-electron chi connectivity index (χ1n) is 8.12. The zero-order valence-electron chi connectivity index (χ0n) is 14.2. The molecule has 0 fully saturated rings. The van der Waals surface area contributed by atoms with Crippen molar-refractivity contribution in [1.82, 2.24) is 5.32 Å². The average molecular weight is 371 g/mol. The lowest BCUT2D eigenvalue weighted by atomic mass is 10.1. The van der Waals surface area contributed by atoms with Crippen LogP contribution in [0.25, 0.3) is 0 Å². The van der Waals surface area contributed by atoms with Gasteiger partial charge in [-0.05, 0) is 35.9 Å². The first-order valence-corrected chi connectivity index (χ1v) is 8.50. The smallest absolute Gasteiger partial charge is 0.246 e. The van der Waals surface area contributed by atoms with Gasteiger partial charge in [0.15, 0.2) is 0 Å². The summed E-state index contributed by atoms with van der Waals surface area (Å²) in [5, 5.41) is 6.56. The number of ether oxygens (including phenoxy) is 1. The number of carbonyl (C=O) groups excluding carboxylic acids is 1. The fourth-order valence-electron chi connectivity index (χ4n) is 2.58. The highest BCUT2D eigenvalue weighted by Crippen LogP contribution is 2.28. The zero-order chi connectivity index (χ0) is 18.4. The Hall–Kier alpha value is -2.76. The second-order valence-corrected chi connectivity index (χ2v) is 6.05. The summed E-state index contributed by atoms with van der Waals surface area (Å²) in [6.07, 6.45) is 1.61. The SMILES string of the molecule is COc1ccc(NC(=O)[C@H](NCc2ccco2)c2ccccc2)cc1Cl. The van der Waals surface area contributed by atoms with Gasteiger partial charge in [0.05, 0.1) is 24.9 Å². The molecule has 0 spiro atoms. The van der Waals surface area contributed by atoms with Crippen LogP contribution < -0.4 is 15.4 Å².